The third-order valence-electron chi connectivity index (χ3n) is 5.18. The highest BCUT2D eigenvalue weighted by atomic mass is 16.7. The lowest BCUT2D eigenvalue weighted by atomic mass is 9.80. The van der Waals surface area contributed by atoms with E-state index in [0.29, 0.717) is 17.1 Å². The van der Waals surface area contributed by atoms with E-state index in [2.05, 4.69) is 11.9 Å². The fourth-order valence-electron chi connectivity index (χ4n) is 2.78. The van der Waals surface area contributed by atoms with Gasteiger partial charge in [0.1, 0.15) is 0 Å². The minimum atomic E-state index is -0.805. The molecule has 2 aliphatic heterocycles. The van der Waals surface area contributed by atoms with Crippen molar-refractivity contribution in [1.82, 2.24) is 4.98 Å². The van der Waals surface area contributed by atoms with Crippen molar-refractivity contribution in [3.05, 3.63) is 18.4 Å². The topological polar surface area (TPSA) is 34.6 Å². The molecule has 0 unspecified atom stereocenters. The van der Waals surface area contributed by atoms with E-state index >= 15 is 0 Å². The molecule has 2 saturated heterocycles. The Bertz CT molecular complexity index is 660. The van der Waals surface area contributed by atoms with Crippen molar-refractivity contribution in [2.24, 2.45) is 5.92 Å². The van der Waals surface area contributed by atoms with Gasteiger partial charge in [-0.1, -0.05) is 6.92 Å². The average Bonchev–Trinajstić information content (AvgIpc) is 2.68. The van der Waals surface area contributed by atoms with E-state index in [9.17, 15) is 0 Å². The molecule has 2 aliphatic rings. The number of hydrogen-bond donors (Lipinski definition) is 0. The van der Waals surface area contributed by atoms with E-state index < -0.39 is 18.3 Å². The predicted octanol–water partition coefficient (Wildman–Crippen LogP) is 2.62. The van der Waals surface area contributed by atoms with E-state index in [1.807, 2.05) is 32.6 Å². The van der Waals surface area contributed by atoms with Gasteiger partial charge in [-0.05, 0) is 52.5 Å². The molecule has 5 heteroatoms. The maximum Gasteiger partial charge on any atom is 0.496 e. The average molecular weight is 305 g/mol. The highest BCUT2D eigenvalue weighted by Gasteiger charge is 2.51. The summed E-state index contributed by atoms with van der Waals surface area (Å²) in [6.07, 6.45) is 1.95. The van der Waals surface area contributed by atoms with Gasteiger partial charge in [-0.15, -0.1) is 0 Å². The normalized spacial score (nSPS) is 26.7. The second kappa shape index (κ2) is 5.53. The van der Waals surface area contributed by atoms with Gasteiger partial charge in [0.25, 0.3) is 0 Å². The SMILES string of the molecule is [2H]c1nc([2H])c(N2CCC(C)CC2)c([2H])c1B1OC(C)(C)C(C)(C)O1. The van der Waals surface area contributed by atoms with Gasteiger partial charge in [-0.3, -0.25) is 4.98 Å². The van der Waals surface area contributed by atoms with Gasteiger partial charge >= 0.3 is 7.12 Å². The second-order valence-corrected chi connectivity index (χ2v) is 7.48. The molecule has 3 heterocycles. The Hall–Kier alpha value is -1.07. The minimum absolute atomic E-state index is 0.00943. The molecule has 0 N–H and O–H groups in total. The fraction of sp³-hybridized carbons (Fsp3) is 0.706. The van der Waals surface area contributed by atoms with Crippen LogP contribution in [-0.4, -0.2) is 36.4 Å². The van der Waals surface area contributed by atoms with Crippen LogP contribution in [0.3, 0.4) is 0 Å². The monoisotopic (exact) mass is 305 g/mol. The molecule has 3 rings (SSSR count). The number of rotatable bonds is 2. The molecule has 1 aromatic heterocycles. The van der Waals surface area contributed by atoms with Crippen LogP contribution >= 0.6 is 0 Å². The van der Waals surface area contributed by atoms with Crippen LogP contribution in [0.25, 0.3) is 0 Å². The molecular formula is C17H27BN2O2. The summed E-state index contributed by atoms with van der Waals surface area (Å²) in [6, 6.07) is 0.137. The summed E-state index contributed by atoms with van der Waals surface area (Å²) >= 11 is 0. The molecule has 2 fully saturated rings. The zero-order valence-electron chi connectivity index (χ0n) is 17.2. The van der Waals surface area contributed by atoms with Gasteiger partial charge in [0.15, 0.2) is 0 Å². The molecule has 0 aromatic carbocycles. The van der Waals surface area contributed by atoms with E-state index in [1.54, 1.807) is 0 Å². The molecular weight excluding hydrogens is 275 g/mol. The Labute approximate surface area is 138 Å². The van der Waals surface area contributed by atoms with Crippen molar-refractivity contribution in [2.75, 3.05) is 18.0 Å². The van der Waals surface area contributed by atoms with E-state index in [0.717, 1.165) is 25.9 Å². The summed E-state index contributed by atoms with van der Waals surface area (Å²) in [5, 5.41) is 0. The summed E-state index contributed by atoms with van der Waals surface area (Å²) < 4.78 is 37.1. The van der Waals surface area contributed by atoms with Crippen molar-refractivity contribution < 1.29 is 13.4 Å². The first kappa shape index (κ1) is 12.4. The van der Waals surface area contributed by atoms with E-state index in [-0.39, 0.29) is 18.4 Å². The van der Waals surface area contributed by atoms with Gasteiger partial charge in [0.05, 0.1) is 27.2 Å². The predicted molar refractivity (Wildman–Crippen MR) is 90.6 cm³/mol. The Morgan fingerprint density at radius 1 is 1.18 bits per heavy atom. The van der Waals surface area contributed by atoms with Crippen molar-refractivity contribution >= 4 is 18.3 Å². The number of anilines is 1. The smallest absolute Gasteiger partial charge is 0.399 e. The molecule has 0 radical (unpaired) electrons. The van der Waals surface area contributed by atoms with Crippen LogP contribution < -0.4 is 10.4 Å². The Morgan fingerprint density at radius 2 is 1.77 bits per heavy atom. The summed E-state index contributed by atoms with van der Waals surface area (Å²) in [5.41, 5.74) is -0.274. The van der Waals surface area contributed by atoms with E-state index in [4.69, 9.17) is 13.4 Å². The Balaban J connectivity index is 2.00. The lowest BCUT2D eigenvalue weighted by Crippen LogP contribution is -2.41. The summed E-state index contributed by atoms with van der Waals surface area (Å²) in [5.74, 6) is 0.658. The van der Waals surface area contributed by atoms with Crippen LogP contribution in [0.2, 0.25) is 0 Å². The van der Waals surface area contributed by atoms with Crippen LogP contribution in [0.1, 0.15) is 51.6 Å². The first-order valence-corrected chi connectivity index (χ1v) is 8.12. The van der Waals surface area contributed by atoms with Crippen molar-refractivity contribution in [2.45, 2.75) is 58.7 Å². The molecule has 0 spiro atoms. The number of aromatic nitrogens is 1. The molecule has 0 atom stereocenters. The molecule has 22 heavy (non-hydrogen) atoms. The third-order valence-corrected chi connectivity index (χ3v) is 5.18. The second-order valence-electron chi connectivity index (χ2n) is 7.48. The van der Waals surface area contributed by atoms with Gasteiger partial charge in [0.2, 0.25) is 0 Å². The molecule has 0 aliphatic carbocycles. The van der Waals surface area contributed by atoms with Crippen molar-refractivity contribution in [3.63, 3.8) is 0 Å². The van der Waals surface area contributed by atoms with Crippen LogP contribution in [0.4, 0.5) is 5.69 Å². The molecule has 1 aromatic rings. The number of hydrogen-bond acceptors (Lipinski definition) is 4. The van der Waals surface area contributed by atoms with Crippen LogP contribution in [-0.2, 0) is 9.31 Å². The number of nitrogens with zero attached hydrogens (tertiary/aromatic N) is 2. The summed E-state index contributed by atoms with van der Waals surface area (Å²) in [7, 11) is -0.805. The van der Waals surface area contributed by atoms with Crippen LogP contribution in [0.5, 0.6) is 0 Å². The lowest BCUT2D eigenvalue weighted by Gasteiger charge is -2.32. The van der Waals surface area contributed by atoms with Gasteiger partial charge in [-0.2, -0.15) is 0 Å². The number of piperidine rings is 1. The van der Waals surface area contributed by atoms with Crippen molar-refractivity contribution in [3.8, 4) is 0 Å². The highest BCUT2D eigenvalue weighted by molar-refractivity contribution is 6.62. The number of pyridine rings is 1. The summed E-state index contributed by atoms with van der Waals surface area (Å²) in [4.78, 5) is 6.13. The fourth-order valence-corrected chi connectivity index (χ4v) is 2.78. The molecule has 0 saturated carbocycles. The highest BCUT2D eigenvalue weighted by Crippen LogP contribution is 2.36. The van der Waals surface area contributed by atoms with E-state index in [1.165, 1.54) is 0 Å². The maximum absolute atomic E-state index is 8.66. The molecule has 4 nitrogen and oxygen atoms in total. The quantitative estimate of drug-likeness (QED) is 0.787. The largest absolute Gasteiger partial charge is 0.496 e. The lowest BCUT2D eigenvalue weighted by molar-refractivity contribution is 0.00578. The van der Waals surface area contributed by atoms with Crippen LogP contribution in [0, 0.1) is 5.92 Å². The zero-order valence-corrected chi connectivity index (χ0v) is 14.2. The Kier molecular flexibility index (Phi) is 3.11. The zero-order chi connectivity index (χ0) is 18.6. The summed E-state index contributed by atoms with van der Waals surface area (Å²) in [6.45, 7) is 11.6. The minimum Gasteiger partial charge on any atom is -0.399 e. The Morgan fingerprint density at radius 3 is 2.36 bits per heavy atom. The molecule has 0 bridgehead atoms. The standard InChI is InChI=1S/C17H27BN2O2/c1-13-6-8-20(9-7-13)15-10-14(11-19-12-15)18-21-16(2,3)17(4,5)22-18/h10-13H,6-9H2,1-5H3/i10D,11D,12D. The maximum atomic E-state index is 8.66. The van der Waals surface area contributed by atoms with Gasteiger partial charge in [0, 0.05) is 24.7 Å². The first-order valence-electron chi connectivity index (χ1n) is 9.62. The van der Waals surface area contributed by atoms with Crippen molar-refractivity contribution in [1.29, 1.82) is 0 Å². The molecule has 120 valence electrons. The molecule has 0 amide bonds. The van der Waals surface area contributed by atoms with Crippen LogP contribution in [0.15, 0.2) is 18.4 Å². The first-order chi connectivity index (χ1) is 11.5. The van der Waals surface area contributed by atoms with Gasteiger partial charge < -0.3 is 14.2 Å². The van der Waals surface area contributed by atoms with Gasteiger partial charge in [-0.25, -0.2) is 0 Å². The third kappa shape index (κ3) is 2.89.